The van der Waals surface area contributed by atoms with Crippen molar-refractivity contribution in [2.75, 3.05) is 13.4 Å². The van der Waals surface area contributed by atoms with Crippen molar-refractivity contribution in [2.24, 2.45) is 0 Å². The molecule has 1 fully saturated rings. The Balaban J connectivity index is 1.82. The SMILES string of the molecule is CCOC(=O)C(C)N1C(=O)S/C(=C/c2ccc3c(c2)OCO3)C1=O. The van der Waals surface area contributed by atoms with Gasteiger partial charge in [0.05, 0.1) is 11.5 Å². The zero-order chi connectivity index (χ0) is 17.3. The highest BCUT2D eigenvalue weighted by Crippen LogP contribution is 2.36. The van der Waals surface area contributed by atoms with Crippen LogP contribution in [0.25, 0.3) is 6.08 Å². The number of hydrogen-bond donors (Lipinski definition) is 0. The number of nitrogens with zero attached hydrogens (tertiary/aromatic N) is 1. The molecule has 1 unspecified atom stereocenters. The molecule has 1 aromatic carbocycles. The van der Waals surface area contributed by atoms with E-state index >= 15 is 0 Å². The minimum Gasteiger partial charge on any atom is -0.464 e. The van der Waals surface area contributed by atoms with Gasteiger partial charge >= 0.3 is 5.97 Å². The number of carbonyl (C=O) groups excluding carboxylic acids is 3. The Hall–Kier alpha value is -2.48. The zero-order valence-corrected chi connectivity index (χ0v) is 13.9. The highest BCUT2D eigenvalue weighted by Gasteiger charge is 2.41. The van der Waals surface area contributed by atoms with E-state index in [1.165, 1.54) is 6.92 Å². The molecule has 1 atom stereocenters. The molecule has 0 spiro atoms. The summed E-state index contributed by atoms with van der Waals surface area (Å²) in [7, 11) is 0. The van der Waals surface area contributed by atoms with Gasteiger partial charge in [-0.1, -0.05) is 6.07 Å². The highest BCUT2D eigenvalue weighted by atomic mass is 32.2. The summed E-state index contributed by atoms with van der Waals surface area (Å²) in [5, 5.41) is -0.493. The maximum Gasteiger partial charge on any atom is 0.329 e. The van der Waals surface area contributed by atoms with Gasteiger partial charge in [0.2, 0.25) is 6.79 Å². The van der Waals surface area contributed by atoms with Crippen molar-refractivity contribution in [3.8, 4) is 11.5 Å². The van der Waals surface area contributed by atoms with Crippen LogP contribution in [0.15, 0.2) is 23.1 Å². The van der Waals surface area contributed by atoms with Crippen LogP contribution in [-0.4, -0.2) is 41.5 Å². The monoisotopic (exact) mass is 349 g/mol. The Kier molecular flexibility index (Phi) is 4.48. The number of hydrogen-bond acceptors (Lipinski definition) is 7. The molecule has 126 valence electrons. The Morgan fingerprint density at radius 3 is 2.88 bits per heavy atom. The molecule has 0 bridgehead atoms. The van der Waals surface area contributed by atoms with Crippen LogP contribution in [0.5, 0.6) is 11.5 Å². The van der Waals surface area contributed by atoms with E-state index in [-0.39, 0.29) is 18.3 Å². The fourth-order valence-electron chi connectivity index (χ4n) is 2.34. The summed E-state index contributed by atoms with van der Waals surface area (Å²) in [6.07, 6.45) is 1.59. The molecule has 0 aliphatic carbocycles. The molecule has 0 radical (unpaired) electrons. The second kappa shape index (κ2) is 6.56. The van der Waals surface area contributed by atoms with Crippen molar-refractivity contribution in [1.29, 1.82) is 0 Å². The van der Waals surface area contributed by atoms with Crippen LogP contribution in [-0.2, 0) is 14.3 Å². The number of imide groups is 1. The van der Waals surface area contributed by atoms with E-state index in [9.17, 15) is 14.4 Å². The third kappa shape index (κ3) is 2.96. The highest BCUT2D eigenvalue weighted by molar-refractivity contribution is 8.18. The Morgan fingerprint density at radius 2 is 2.12 bits per heavy atom. The van der Waals surface area contributed by atoms with Crippen LogP contribution in [0.3, 0.4) is 0 Å². The van der Waals surface area contributed by atoms with E-state index in [2.05, 4.69) is 0 Å². The van der Waals surface area contributed by atoms with Gasteiger partial charge in [-0.3, -0.25) is 14.5 Å². The second-order valence-corrected chi connectivity index (χ2v) is 6.09. The van der Waals surface area contributed by atoms with E-state index in [1.807, 2.05) is 0 Å². The van der Waals surface area contributed by atoms with Crippen molar-refractivity contribution in [1.82, 2.24) is 4.90 Å². The number of esters is 1. The van der Waals surface area contributed by atoms with Crippen LogP contribution in [0.4, 0.5) is 4.79 Å². The van der Waals surface area contributed by atoms with Crippen LogP contribution >= 0.6 is 11.8 Å². The number of rotatable bonds is 4. The van der Waals surface area contributed by atoms with E-state index < -0.39 is 23.2 Å². The third-order valence-corrected chi connectivity index (χ3v) is 4.42. The lowest BCUT2D eigenvalue weighted by atomic mass is 10.2. The molecule has 2 heterocycles. The average molecular weight is 349 g/mol. The first-order valence-electron chi connectivity index (χ1n) is 7.34. The first-order valence-corrected chi connectivity index (χ1v) is 8.16. The number of carbonyl (C=O) groups is 3. The number of ether oxygens (including phenoxy) is 3. The summed E-state index contributed by atoms with van der Waals surface area (Å²) in [5.41, 5.74) is 0.702. The van der Waals surface area contributed by atoms with Crippen molar-refractivity contribution in [3.63, 3.8) is 0 Å². The van der Waals surface area contributed by atoms with Crippen LogP contribution in [0.1, 0.15) is 19.4 Å². The van der Waals surface area contributed by atoms with Gasteiger partial charge < -0.3 is 14.2 Å². The maximum atomic E-state index is 12.5. The molecule has 2 aliphatic heterocycles. The molecule has 3 rings (SSSR count). The fourth-order valence-corrected chi connectivity index (χ4v) is 3.24. The third-order valence-electron chi connectivity index (χ3n) is 3.53. The van der Waals surface area contributed by atoms with Crippen LogP contribution in [0, 0.1) is 0 Å². The summed E-state index contributed by atoms with van der Waals surface area (Å²) in [4.78, 5) is 37.5. The maximum absolute atomic E-state index is 12.5. The lowest BCUT2D eigenvalue weighted by Gasteiger charge is -2.19. The molecule has 2 amide bonds. The zero-order valence-electron chi connectivity index (χ0n) is 13.1. The number of fused-ring (bicyclic) bond motifs is 1. The minimum atomic E-state index is -0.958. The minimum absolute atomic E-state index is 0.159. The predicted molar refractivity (Wildman–Crippen MR) is 86.5 cm³/mol. The summed E-state index contributed by atoms with van der Waals surface area (Å²) in [5.74, 6) is 0.103. The molecule has 24 heavy (non-hydrogen) atoms. The van der Waals surface area contributed by atoms with Crippen molar-refractivity contribution >= 4 is 35.0 Å². The van der Waals surface area contributed by atoms with Gasteiger partial charge in [-0.05, 0) is 49.4 Å². The lowest BCUT2D eigenvalue weighted by molar-refractivity contribution is -0.150. The molecular formula is C16H15NO6S. The molecule has 0 saturated carbocycles. The number of amides is 2. The molecule has 0 aromatic heterocycles. The number of benzene rings is 1. The number of thioether (sulfide) groups is 1. The largest absolute Gasteiger partial charge is 0.464 e. The van der Waals surface area contributed by atoms with Gasteiger partial charge in [-0.25, -0.2) is 4.79 Å². The van der Waals surface area contributed by atoms with Crippen molar-refractivity contribution < 1.29 is 28.6 Å². The van der Waals surface area contributed by atoms with Gasteiger partial charge in [0.25, 0.3) is 11.1 Å². The molecule has 1 aromatic rings. The van der Waals surface area contributed by atoms with Gasteiger partial charge in [-0.15, -0.1) is 0 Å². The average Bonchev–Trinajstić information content (AvgIpc) is 3.11. The summed E-state index contributed by atoms with van der Waals surface area (Å²) in [6, 6.07) is 4.26. The molecule has 2 aliphatic rings. The van der Waals surface area contributed by atoms with Crippen molar-refractivity contribution in [3.05, 3.63) is 28.7 Å². The predicted octanol–water partition coefficient (Wildman–Crippen LogP) is 2.40. The molecule has 7 nitrogen and oxygen atoms in total. The van der Waals surface area contributed by atoms with Gasteiger partial charge in [0, 0.05) is 0 Å². The topological polar surface area (TPSA) is 82.1 Å². The smallest absolute Gasteiger partial charge is 0.329 e. The van der Waals surface area contributed by atoms with Crippen molar-refractivity contribution in [2.45, 2.75) is 19.9 Å². The molecule has 8 heteroatoms. The normalized spacial score (nSPS) is 19.1. The molecule has 0 N–H and O–H groups in total. The first kappa shape index (κ1) is 16.4. The first-order chi connectivity index (χ1) is 11.5. The molecular weight excluding hydrogens is 334 g/mol. The van der Waals surface area contributed by atoms with E-state index in [0.717, 1.165) is 16.7 Å². The summed E-state index contributed by atoms with van der Waals surface area (Å²) in [6.45, 7) is 3.48. The molecule has 1 saturated heterocycles. The fraction of sp³-hybridized carbons (Fsp3) is 0.312. The Labute approximate surface area is 142 Å². The van der Waals surface area contributed by atoms with E-state index in [0.29, 0.717) is 17.1 Å². The quantitative estimate of drug-likeness (QED) is 0.610. The standard InChI is InChI=1S/C16H15NO6S/c1-3-21-15(19)9(2)17-14(18)13(24-16(17)20)7-10-4-5-11-12(6-10)23-8-22-11/h4-7,9H,3,8H2,1-2H3/b13-7+. The Bertz CT molecular complexity index is 744. The van der Waals surface area contributed by atoms with Gasteiger partial charge in [0.1, 0.15) is 6.04 Å². The summed E-state index contributed by atoms with van der Waals surface area (Å²) >= 11 is 0.792. The summed E-state index contributed by atoms with van der Waals surface area (Å²) < 4.78 is 15.4. The van der Waals surface area contributed by atoms with Gasteiger partial charge in [-0.2, -0.15) is 0 Å². The Morgan fingerprint density at radius 1 is 1.38 bits per heavy atom. The van der Waals surface area contributed by atoms with Crippen LogP contribution in [0.2, 0.25) is 0 Å². The lowest BCUT2D eigenvalue weighted by Crippen LogP contribution is -2.42. The second-order valence-electron chi connectivity index (χ2n) is 5.09. The van der Waals surface area contributed by atoms with E-state index in [1.54, 1.807) is 31.2 Å². The van der Waals surface area contributed by atoms with E-state index in [4.69, 9.17) is 14.2 Å². The van der Waals surface area contributed by atoms with Crippen LogP contribution < -0.4 is 9.47 Å². The van der Waals surface area contributed by atoms with Gasteiger partial charge in [0.15, 0.2) is 11.5 Å².